The minimum atomic E-state index is -0.101. The zero-order valence-corrected chi connectivity index (χ0v) is 15.9. The molecule has 1 aliphatic heterocycles. The lowest BCUT2D eigenvalue weighted by Gasteiger charge is -2.27. The minimum Gasteiger partial charge on any atom is -0.294 e. The highest BCUT2D eigenvalue weighted by atomic mass is 16.1. The van der Waals surface area contributed by atoms with Crippen molar-refractivity contribution in [2.24, 2.45) is 5.10 Å². The normalized spacial score (nSPS) is 14.2. The Kier molecular flexibility index (Phi) is 5.30. The number of rotatable bonds is 5. The first-order valence-corrected chi connectivity index (χ1v) is 9.41. The second-order valence-electron chi connectivity index (χ2n) is 7.07. The molecule has 3 aromatic rings. The Bertz CT molecular complexity index is 1040. The standard InChI is InChI=1S/C22H23N5O/c1-16-6-5-9-18(12-16)13-23-26-22-24-20-10-11-27(15-19(20)21(28)25-22)14-17-7-3-2-4-8-17/h2-9,12-13H,10-11,14-15H2,1H3,(H2,24,25,26,28)/b23-13-. The highest BCUT2D eigenvalue weighted by molar-refractivity contribution is 5.80. The molecule has 6 nitrogen and oxygen atoms in total. The van der Waals surface area contributed by atoms with Crippen molar-refractivity contribution in [3.05, 3.63) is 92.9 Å². The van der Waals surface area contributed by atoms with Crippen LogP contribution in [0.1, 0.15) is 27.9 Å². The van der Waals surface area contributed by atoms with Gasteiger partial charge in [0.15, 0.2) is 0 Å². The number of H-pyrrole nitrogens is 1. The van der Waals surface area contributed by atoms with Gasteiger partial charge in [-0.15, -0.1) is 0 Å². The molecule has 0 radical (unpaired) electrons. The van der Waals surface area contributed by atoms with E-state index >= 15 is 0 Å². The summed E-state index contributed by atoms with van der Waals surface area (Å²) >= 11 is 0. The molecule has 0 saturated heterocycles. The van der Waals surface area contributed by atoms with Crippen LogP contribution in [0.5, 0.6) is 0 Å². The first-order chi connectivity index (χ1) is 13.7. The summed E-state index contributed by atoms with van der Waals surface area (Å²) in [5.41, 5.74) is 7.75. The van der Waals surface area contributed by atoms with Crippen LogP contribution in [0.2, 0.25) is 0 Å². The summed E-state index contributed by atoms with van der Waals surface area (Å²) in [5.74, 6) is 0.379. The summed E-state index contributed by atoms with van der Waals surface area (Å²) in [5, 5.41) is 4.20. The predicted octanol–water partition coefficient (Wildman–Crippen LogP) is 3.08. The molecular weight excluding hydrogens is 350 g/mol. The molecular formula is C22H23N5O. The van der Waals surface area contributed by atoms with Crippen LogP contribution in [0.25, 0.3) is 0 Å². The molecule has 0 unspecified atom stereocenters. The van der Waals surface area contributed by atoms with Gasteiger partial charge in [-0.05, 0) is 18.1 Å². The molecule has 6 heteroatoms. The van der Waals surface area contributed by atoms with E-state index in [4.69, 9.17) is 0 Å². The van der Waals surface area contributed by atoms with Crippen molar-refractivity contribution < 1.29 is 0 Å². The maximum atomic E-state index is 12.5. The monoisotopic (exact) mass is 373 g/mol. The van der Waals surface area contributed by atoms with Gasteiger partial charge >= 0.3 is 0 Å². The Morgan fingerprint density at radius 3 is 2.89 bits per heavy atom. The highest BCUT2D eigenvalue weighted by Gasteiger charge is 2.21. The number of hydrogen-bond donors (Lipinski definition) is 2. The lowest BCUT2D eigenvalue weighted by atomic mass is 10.1. The van der Waals surface area contributed by atoms with E-state index in [9.17, 15) is 4.79 Å². The van der Waals surface area contributed by atoms with Crippen LogP contribution in [0.4, 0.5) is 5.95 Å². The number of aryl methyl sites for hydroxylation is 1. The van der Waals surface area contributed by atoms with Gasteiger partial charge in [0.05, 0.1) is 17.5 Å². The Balaban J connectivity index is 1.44. The van der Waals surface area contributed by atoms with Gasteiger partial charge in [-0.1, -0.05) is 60.2 Å². The number of aromatic amines is 1. The molecule has 4 rings (SSSR count). The average molecular weight is 373 g/mol. The summed E-state index contributed by atoms with van der Waals surface area (Å²) in [6.07, 6.45) is 2.47. The third-order valence-electron chi connectivity index (χ3n) is 4.82. The lowest BCUT2D eigenvalue weighted by molar-refractivity contribution is 0.242. The fourth-order valence-electron chi connectivity index (χ4n) is 3.43. The number of anilines is 1. The molecule has 2 aromatic carbocycles. The molecule has 0 amide bonds. The Hall–Kier alpha value is -3.25. The second-order valence-corrected chi connectivity index (χ2v) is 7.07. The first-order valence-electron chi connectivity index (χ1n) is 9.41. The van der Waals surface area contributed by atoms with E-state index in [1.165, 1.54) is 11.1 Å². The van der Waals surface area contributed by atoms with Crippen LogP contribution in [-0.4, -0.2) is 27.6 Å². The molecule has 28 heavy (non-hydrogen) atoms. The van der Waals surface area contributed by atoms with E-state index in [0.29, 0.717) is 12.5 Å². The largest absolute Gasteiger partial charge is 0.294 e. The number of hydrazone groups is 1. The maximum absolute atomic E-state index is 12.5. The SMILES string of the molecule is Cc1cccc(/C=N\Nc2nc3c(c(=O)[nH]2)CN(Cc2ccccc2)CC3)c1. The van der Waals surface area contributed by atoms with E-state index in [0.717, 1.165) is 36.3 Å². The van der Waals surface area contributed by atoms with Crippen LogP contribution in [0, 0.1) is 6.92 Å². The van der Waals surface area contributed by atoms with E-state index < -0.39 is 0 Å². The zero-order valence-electron chi connectivity index (χ0n) is 15.9. The minimum absolute atomic E-state index is 0.101. The number of fused-ring (bicyclic) bond motifs is 1. The van der Waals surface area contributed by atoms with Crippen molar-refractivity contribution >= 4 is 12.2 Å². The Morgan fingerprint density at radius 2 is 2.07 bits per heavy atom. The van der Waals surface area contributed by atoms with Gasteiger partial charge in [0.1, 0.15) is 0 Å². The smallest absolute Gasteiger partial charge is 0.257 e. The van der Waals surface area contributed by atoms with E-state index in [-0.39, 0.29) is 5.56 Å². The van der Waals surface area contributed by atoms with Crippen LogP contribution in [0.15, 0.2) is 64.5 Å². The van der Waals surface area contributed by atoms with Crippen molar-refractivity contribution in [2.75, 3.05) is 12.0 Å². The molecule has 1 aliphatic rings. The molecule has 0 bridgehead atoms. The van der Waals surface area contributed by atoms with Crippen molar-refractivity contribution in [3.8, 4) is 0 Å². The summed E-state index contributed by atoms with van der Waals surface area (Å²) in [6, 6.07) is 18.3. The fraction of sp³-hybridized carbons (Fsp3) is 0.227. The summed E-state index contributed by atoms with van der Waals surface area (Å²) in [6.45, 7) is 4.36. The van der Waals surface area contributed by atoms with Crippen LogP contribution < -0.4 is 11.0 Å². The predicted molar refractivity (Wildman–Crippen MR) is 112 cm³/mol. The zero-order chi connectivity index (χ0) is 19.3. The van der Waals surface area contributed by atoms with Gasteiger partial charge in [0, 0.05) is 26.1 Å². The molecule has 142 valence electrons. The second kappa shape index (κ2) is 8.19. The molecule has 0 aliphatic carbocycles. The van der Waals surface area contributed by atoms with Crippen molar-refractivity contribution in [3.63, 3.8) is 0 Å². The van der Waals surface area contributed by atoms with Crippen molar-refractivity contribution in [1.82, 2.24) is 14.9 Å². The van der Waals surface area contributed by atoms with Crippen LogP contribution in [0.3, 0.4) is 0 Å². The molecule has 1 aromatic heterocycles. The van der Waals surface area contributed by atoms with Gasteiger partial charge in [-0.25, -0.2) is 10.4 Å². The number of benzene rings is 2. The maximum Gasteiger partial charge on any atom is 0.257 e. The van der Waals surface area contributed by atoms with E-state index in [2.05, 4.69) is 37.5 Å². The molecule has 0 fully saturated rings. The summed E-state index contributed by atoms with van der Waals surface area (Å²) in [7, 11) is 0. The number of aromatic nitrogens is 2. The Labute approximate surface area is 164 Å². The Morgan fingerprint density at radius 1 is 1.21 bits per heavy atom. The summed E-state index contributed by atoms with van der Waals surface area (Å²) in [4.78, 5) is 22.2. The topological polar surface area (TPSA) is 73.4 Å². The quantitative estimate of drug-likeness (QED) is 0.532. The van der Waals surface area contributed by atoms with E-state index in [1.54, 1.807) is 6.21 Å². The molecule has 2 heterocycles. The third kappa shape index (κ3) is 4.35. The molecule has 0 atom stereocenters. The summed E-state index contributed by atoms with van der Waals surface area (Å²) < 4.78 is 0. The number of nitrogens with one attached hydrogen (secondary N) is 2. The van der Waals surface area contributed by atoms with Crippen molar-refractivity contribution in [1.29, 1.82) is 0 Å². The van der Waals surface area contributed by atoms with E-state index in [1.807, 2.05) is 49.4 Å². The number of nitrogens with zero attached hydrogens (tertiary/aromatic N) is 3. The van der Waals surface area contributed by atoms with Crippen molar-refractivity contribution in [2.45, 2.75) is 26.4 Å². The van der Waals surface area contributed by atoms with Gasteiger partial charge in [0.2, 0.25) is 5.95 Å². The lowest BCUT2D eigenvalue weighted by Crippen LogP contribution is -2.35. The molecule has 0 spiro atoms. The highest BCUT2D eigenvalue weighted by Crippen LogP contribution is 2.17. The van der Waals surface area contributed by atoms with Gasteiger partial charge in [-0.2, -0.15) is 5.10 Å². The van der Waals surface area contributed by atoms with Crippen LogP contribution in [-0.2, 0) is 19.5 Å². The fourth-order valence-corrected chi connectivity index (χ4v) is 3.43. The average Bonchev–Trinajstić information content (AvgIpc) is 2.69. The van der Waals surface area contributed by atoms with Gasteiger partial charge in [-0.3, -0.25) is 14.7 Å². The first kappa shape index (κ1) is 18.1. The molecule has 2 N–H and O–H groups in total. The van der Waals surface area contributed by atoms with Crippen LogP contribution >= 0.6 is 0 Å². The molecule has 0 saturated carbocycles. The van der Waals surface area contributed by atoms with Gasteiger partial charge < -0.3 is 0 Å². The number of hydrogen-bond acceptors (Lipinski definition) is 5. The van der Waals surface area contributed by atoms with Gasteiger partial charge in [0.25, 0.3) is 5.56 Å². The third-order valence-corrected chi connectivity index (χ3v) is 4.82.